The summed E-state index contributed by atoms with van der Waals surface area (Å²) in [6, 6.07) is 0.461. The molecule has 0 saturated heterocycles. The molecule has 1 aliphatic heterocycles. The molecule has 0 radical (unpaired) electrons. The first-order chi connectivity index (χ1) is 7.31. The molecule has 0 aromatic heterocycles. The third-order valence-corrected chi connectivity index (χ3v) is 3.20. The van der Waals surface area contributed by atoms with E-state index in [4.69, 9.17) is 9.47 Å². The molecule has 0 aliphatic carbocycles. The van der Waals surface area contributed by atoms with Crippen LogP contribution < -0.4 is 5.32 Å². The maximum Gasteiger partial charge on any atom is 0.145 e. The van der Waals surface area contributed by atoms with Gasteiger partial charge in [-0.1, -0.05) is 11.8 Å². The van der Waals surface area contributed by atoms with Crippen LogP contribution in [0.4, 0.5) is 0 Å². The Morgan fingerprint density at radius 3 is 2.80 bits per heavy atom. The number of hydrogen-bond donors (Lipinski definition) is 1. The van der Waals surface area contributed by atoms with Crippen LogP contribution in [-0.4, -0.2) is 51.0 Å². The molecule has 0 saturated carbocycles. The molecule has 3 atom stereocenters. The summed E-state index contributed by atoms with van der Waals surface area (Å²) >= 11 is 1.84. The monoisotopic (exact) mass is 229 g/mol. The van der Waals surface area contributed by atoms with E-state index in [1.165, 1.54) is 0 Å². The van der Waals surface area contributed by atoms with Crippen LogP contribution >= 0.6 is 11.8 Å². The van der Waals surface area contributed by atoms with Crippen LogP contribution in [-0.2, 0) is 9.47 Å². The van der Waals surface area contributed by atoms with Crippen molar-refractivity contribution in [3.05, 3.63) is 0 Å². The predicted octanol–water partition coefficient (Wildman–Crippen LogP) is 0.745. The normalized spacial score (nSPS) is 31.3. The highest BCUT2D eigenvalue weighted by molar-refractivity contribution is 7.98. The van der Waals surface area contributed by atoms with E-state index in [-0.39, 0.29) is 12.2 Å². The van der Waals surface area contributed by atoms with Gasteiger partial charge in [-0.25, -0.2) is 0 Å². The fraction of sp³-hybridized carbons (Fsp3) is 0.818. The molecule has 1 aliphatic rings. The number of methoxy groups -OCH3 is 2. The van der Waals surface area contributed by atoms with Gasteiger partial charge in [0.25, 0.3) is 0 Å². The number of thioether (sulfide) groups is 1. The average Bonchev–Trinajstić information content (AvgIpc) is 2.23. The number of nitrogens with one attached hydrogen (secondary N) is 1. The average molecular weight is 229 g/mol. The molecule has 1 unspecified atom stereocenters. The summed E-state index contributed by atoms with van der Waals surface area (Å²) in [4.78, 5) is 0. The number of hydrogen-bond acceptors (Lipinski definition) is 4. The smallest absolute Gasteiger partial charge is 0.145 e. The zero-order valence-electron chi connectivity index (χ0n) is 9.58. The highest BCUT2D eigenvalue weighted by atomic mass is 32.2. The molecular formula is C11H19NO2S. The fourth-order valence-corrected chi connectivity index (χ4v) is 2.21. The molecule has 0 bridgehead atoms. The summed E-state index contributed by atoms with van der Waals surface area (Å²) in [6.07, 6.45) is 2.90. The van der Waals surface area contributed by atoms with E-state index in [0.29, 0.717) is 6.04 Å². The molecule has 0 fully saturated rings. The third kappa shape index (κ3) is 4.04. The van der Waals surface area contributed by atoms with Crippen molar-refractivity contribution in [3.63, 3.8) is 0 Å². The van der Waals surface area contributed by atoms with E-state index in [0.717, 1.165) is 18.7 Å². The Kier molecular flexibility index (Phi) is 6.11. The van der Waals surface area contributed by atoms with Gasteiger partial charge in [0.2, 0.25) is 0 Å². The van der Waals surface area contributed by atoms with Crippen molar-refractivity contribution < 1.29 is 9.47 Å². The van der Waals surface area contributed by atoms with Crippen molar-refractivity contribution in [2.24, 2.45) is 0 Å². The van der Waals surface area contributed by atoms with Gasteiger partial charge in [0.15, 0.2) is 0 Å². The lowest BCUT2D eigenvalue weighted by atomic mass is 10.1. The largest absolute Gasteiger partial charge is 0.376 e. The zero-order chi connectivity index (χ0) is 11.1. The highest BCUT2D eigenvalue weighted by Crippen LogP contribution is 2.07. The Morgan fingerprint density at radius 1 is 1.40 bits per heavy atom. The summed E-state index contributed by atoms with van der Waals surface area (Å²) < 4.78 is 10.6. The molecule has 15 heavy (non-hydrogen) atoms. The van der Waals surface area contributed by atoms with Gasteiger partial charge in [0, 0.05) is 39.0 Å². The van der Waals surface area contributed by atoms with E-state index in [1.807, 2.05) is 11.8 Å². The Balaban J connectivity index is 2.59. The van der Waals surface area contributed by atoms with Gasteiger partial charge in [-0.15, -0.1) is 0 Å². The minimum Gasteiger partial charge on any atom is -0.376 e. The topological polar surface area (TPSA) is 30.5 Å². The van der Waals surface area contributed by atoms with Gasteiger partial charge in [-0.05, 0) is 6.26 Å². The molecule has 86 valence electrons. The van der Waals surface area contributed by atoms with Crippen molar-refractivity contribution in [2.45, 2.75) is 24.7 Å². The van der Waals surface area contributed by atoms with Crippen LogP contribution in [0.25, 0.3) is 0 Å². The Labute approximate surface area is 96.3 Å². The first-order valence-corrected chi connectivity index (χ1v) is 6.47. The highest BCUT2D eigenvalue weighted by Gasteiger charge is 2.21. The lowest BCUT2D eigenvalue weighted by molar-refractivity contribution is -0.00724. The summed E-state index contributed by atoms with van der Waals surface area (Å²) in [5.41, 5.74) is 0. The van der Waals surface area contributed by atoms with Gasteiger partial charge < -0.3 is 14.8 Å². The van der Waals surface area contributed by atoms with Gasteiger partial charge in [0.05, 0.1) is 0 Å². The molecule has 0 aromatic carbocycles. The lowest BCUT2D eigenvalue weighted by Gasteiger charge is -2.25. The minimum absolute atomic E-state index is 0.0205. The first-order valence-electron chi connectivity index (χ1n) is 5.08. The number of rotatable bonds is 4. The van der Waals surface area contributed by atoms with Crippen LogP contribution in [0.3, 0.4) is 0 Å². The molecule has 0 aromatic rings. The fourth-order valence-electron chi connectivity index (χ4n) is 1.57. The van der Waals surface area contributed by atoms with Crippen LogP contribution in [0, 0.1) is 11.8 Å². The van der Waals surface area contributed by atoms with E-state index in [9.17, 15) is 0 Å². The van der Waals surface area contributed by atoms with Crippen LogP contribution in [0.5, 0.6) is 0 Å². The third-order valence-electron chi connectivity index (χ3n) is 2.46. The second-order valence-corrected chi connectivity index (χ2v) is 4.43. The van der Waals surface area contributed by atoms with Gasteiger partial charge in [-0.2, -0.15) is 11.8 Å². The SMILES string of the molecule is CO[C@H]1C#CCC(CSC)NC[C@@H]1OC. The van der Waals surface area contributed by atoms with Gasteiger partial charge in [0.1, 0.15) is 12.2 Å². The summed E-state index contributed by atoms with van der Waals surface area (Å²) in [7, 11) is 3.37. The zero-order valence-corrected chi connectivity index (χ0v) is 10.4. The van der Waals surface area contributed by atoms with Crippen LogP contribution in [0.1, 0.15) is 6.42 Å². The van der Waals surface area contributed by atoms with Crippen molar-refractivity contribution in [1.29, 1.82) is 0 Å². The molecule has 4 heteroatoms. The van der Waals surface area contributed by atoms with Crippen molar-refractivity contribution in [3.8, 4) is 11.8 Å². The molecule has 0 spiro atoms. The quantitative estimate of drug-likeness (QED) is 0.721. The predicted molar refractivity (Wildman–Crippen MR) is 64.2 cm³/mol. The summed E-state index contributed by atoms with van der Waals surface area (Å²) in [5, 5.41) is 3.46. The van der Waals surface area contributed by atoms with Crippen molar-refractivity contribution in [1.82, 2.24) is 5.32 Å². The second kappa shape index (κ2) is 7.13. The molecule has 3 nitrogen and oxygen atoms in total. The van der Waals surface area contributed by atoms with Crippen molar-refractivity contribution >= 4 is 11.8 Å². The molecular weight excluding hydrogens is 210 g/mol. The lowest BCUT2D eigenvalue weighted by Crippen LogP contribution is -2.44. The van der Waals surface area contributed by atoms with E-state index in [1.54, 1.807) is 14.2 Å². The Hall–Kier alpha value is -0.210. The Bertz CT molecular complexity index is 236. The first kappa shape index (κ1) is 12.9. The standard InChI is InChI=1S/C11H19NO2S/c1-13-10-6-4-5-9(8-15-3)12-7-11(10)14-2/h9-12H,5,7-8H2,1-3H3/t9?,10-,11-/m0/s1. The molecule has 0 amide bonds. The molecule has 1 heterocycles. The minimum atomic E-state index is -0.113. The number of ether oxygens (including phenoxy) is 2. The van der Waals surface area contributed by atoms with Crippen LogP contribution in [0.2, 0.25) is 0 Å². The van der Waals surface area contributed by atoms with E-state index >= 15 is 0 Å². The second-order valence-electron chi connectivity index (χ2n) is 3.52. The Morgan fingerprint density at radius 2 is 2.20 bits per heavy atom. The molecule has 1 N–H and O–H groups in total. The van der Waals surface area contributed by atoms with Crippen molar-refractivity contribution in [2.75, 3.05) is 32.8 Å². The maximum atomic E-state index is 5.36. The van der Waals surface area contributed by atoms with Gasteiger partial charge in [-0.3, -0.25) is 0 Å². The van der Waals surface area contributed by atoms with E-state index < -0.39 is 0 Å². The molecule has 1 rings (SSSR count). The van der Waals surface area contributed by atoms with E-state index in [2.05, 4.69) is 23.4 Å². The maximum absolute atomic E-state index is 5.36. The summed E-state index contributed by atoms with van der Waals surface area (Å²) in [6.45, 7) is 0.801. The van der Waals surface area contributed by atoms with Gasteiger partial charge >= 0.3 is 0 Å². The van der Waals surface area contributed by atoms with Crippen LogP contribution in [0.15, 0.2) is 0 Å². The summed E-state index contributed by atoms with van der Waals surface area (Å²) in [5.74, 6) is 7.36.